The number of thioether (sulfide) groups is 1. The maximum atomic E-state index is 13.1. The normalized spacial score (nSPS) is 17.8. The molecule has 0 aliphatic carbocycles. The number of hydrogen-bond acceptors (Lipinski definition) is 4. The molecule has 0 spiro atoms. The van der Waals surface area contributed by atoms with Crippen LogP contribution in [-0.2, 0) is 16.1 Å². The molecular formula is C15H14F4N2O2S2. The van der Waals surface area contributed by atoms with Crippen LogP contribution in [0.3, 0.4) is 0 Å². The van der Waals surface area contributed by atoms with E-state index in [9.17, 15) is 22.4 Å². The zero-order valence-electron chi connectivity index (χ0n) is 12.9. The Labute approximate surface area is 151 Å². The van der Waals surface area contributed by atoms with Crippen molar-refractivity contribution in [3.63, 3.8) is 0 Å². The van der Waals surface area contributed by atoms with Crippen molar-refractivity contribution >= 4 is 35.1 Å². The van der Waals surface area contributed by atoms with Crippen LogP contribution in [0, 0.1) is 0 Å². The Hall–Kier alpha value is -1.81. The molecule has 1 aliphatic rings. The van der Waals surface area contributed by atoms with Gasteiger partial charge >= 0.3 is 11.5 Å². The molecule has 4 nitrogen and oxygen atoms in total. The van der Waals surface area contributed by atoms with Crippen LogP contribution in [0.2, 0.25) is 0 Å². The molecule has 0 amide bonds. The largest absolute Gasteiger partial charge is 0.457 e. The molecule has 2 N–H and O–H groups in total. The summed E-state index contributed by atoms with van der Waals surface area (Å²) in [6.45, 7) is 0.472. The summed E-state index contributed by atoms with van der Waals surface area (Å²) in [7, 11) is 0. The van der Waals surface area contributed by atoms with E-state index in [1.807, 2.05) is 0 Å². The van der Waals surface area contributed by atoms with E-state index in [0.717, 1.165) is 0 Å². The van der Waals surface area contributed by atoms with Gasteiger partial charge in [-0.1, -0.05) is 12.1 Å². The van der Waals surface area contributed by atoms with Gasteiger partial charge in [0.15, 0.2) is 5.11 Å². The van der Waals surface area contributed by atoms with Gasteiger partial charge in [-0.25, -0.2) is 9.18 Å². The van der Waals surface area contributed by atoms with E-state index in [4.69, 9.17) is 17.0 Å². The Kier molecular flexibility index (Phi) is 6.28. The number of halogens is 4. The van der Waals surface area contributed by atoms with E-state index in [1.54, 1.807) is 6.92 Å². The molecule has 0 saturated heterocycles. The molecule has 1 atom stereocenters. The fourth-order valence-electron chi connectivity index (χ4n) is 2.24. The van der Waals surface area contributed by atoms with Crippen LogP contribution >= 0.6 is 24.0 Å². The molecule has 25 heavy (non-hydrogen) atoms. The van der Waals surface area contributed by atoms with Crippen molar-refractivity contribution in [1.29, 1.82) is 0 Å². The van der Waals surface area contributed by atoms with Crippen LogP contribution in [0.25, 0.3) is 0 Å². The van der Waals surface area contributed by atoms with Gasteiger partial charge in [-0.2, -0.15) is 13.2 Å². The minimum Gasteiger partial charge on any atom is -0.457 e. The highest BCUT2D eigenvalue weighted by Gasteiger charge is 2.30. The molecule has 0 bridgehead atoms. The number of esters is 1. The number of carbonyl (C=O) groups excluding carboxylic acids is 1. The highest BCUT2D eigenvalue weighted by Crippen LogP contribution is 2.37. The Balaban J connectivity index is 2.06. The van der Waals surface area contributed by atoms with E-state index in [-0.39, 0.29) is 33.9 Å². The Morgan fingerprint density at radius 1 is 1.40 bits per heavy atom. The van der Waals surface area contributed by atoms with Crippen molar-refractivity contribution in [2.24, 2.45) is 0 Å². The lowest BCUT2D eigenvalue weighted by atomic mass is 10.0. The highest BCUT2D eigenvalue weighted by atomic mass is 32.2. The third kappa shape index (κ3) is 5.60. The lowest BCUT2D eigenvalue weighted by Gasteiger charge is -2.27. The Morgan fingerprint density at radius 2 is 2.12 bits per heavy atom. The summed E-state index contributed by atoms with van der Waals surface area (Å²) in [6, 6.07) is 4.65. The molecule has 2 rings (SSSR count). The van der Waals surface area contributed by atoms with Crippen LogP contribution in [0.5, 0.6) is 0 Å². The van der Waals surface area contributed by atoms with Gasteiger partial charge < -0.3 is 15.4 Å². The first kappa shape index (κ1) is 19.5. The minimum atomic E-state index is -4.40. The SMILES string of the molecule is CC1=C(C(=O)OCc2cccc(SC(F)(F)F)c2)C(CF)NC(=S)N1. The fourth-order valence-corrected chi connectivity index (χ4v) is 3.16. The second-order valence-electron chi connectivity index (χ2n) is 5.12. The predicted octanol–water partition coefficient (Wildman–Crippen LogP) is 3.43. The highest BCUT2D eigenvalue weighted by molar-refractivity contribution is 8.00. The summed E-state index contributed by atoms with van der Waals surface area (Å²) >= 11 is 4.64. The molecule has 136 valence electrons. The Morgan fingerprint density at radius 3 is 2.76 bits per heavy atom. The van der Waals surface area contributed by atoms with Gasteiger partial charge in [-0.3, -0.25) is 0 Å². The van der Waals surface area contributed by atoms with Crippen molar-refractivity contribution in [3.05, 3.63) is 41.1 Å². The van der Waals surface area contributed by atoms with Crippen LogP contribution in [0.4, 0.5) is 17.6 Å². The van der Waals surface area contributed by atoms with Crippen molar-refractivity contribution in [3.8, 4) is 0 Å². The molecule has 0 aromatic heterocycles. The maximum Gasteiger partial charge on any atom is 0.446 e. The number of benzene rings is 1. The van der Waals surface area contributed by atoms with Gasteiger partial charge in [0.1, 0.15) is 13.3 Å². The van der Waals surface area contributed by atoms with Crippen molar-refractivity contribution in [1.82, 2.24) is 10.6 Å². The third-order valence-corrected chi connectivity index (χ3v) is 4.18. The summed E-state index contributed by atoms with van der Waals surface area (Å²) in [6.07, 6.45) is 0. The first-order valence-electron chi connectivity index (χ1n) is 7.05. The van der Waals surface area contributed by atoms with Gasteiger partial charge in [0.2, 0.25) is 0 Å². The number of alkyl halides is 4. The van der Waals surface area contributed by atoms with Crippen LogP contribution < -0.4 is 10.6 Å². The number of ether oxygens (including phenoxy) is 1. The number of allylic oxidation sites excluding steroid dienone is 1. The summed E-state index contributed by atoms with van der Waals surface area (Å²) in [5.41, 5.74) is -3.57. The standard InChI is InChI=1S/C15H14F4N2O2S2/c1-8-12(11(6-16)21-14(24)20-8)13(22)23-7-9-3-2-4-10(5-9)25-15(17,18)19/h2-5,11H,6-7H2,1H3,(H2,20,21,24). The molecular weight excluding hydrogens is 380 g/mol. The predicted molar refractivity (Wildman–Crippen MR) is 89.5 cm³/mol. The molecule has 0 radical (unpaired) electrons. The molecule has 1 heterocycles. The summed E-state index contributed by atoms with van der Waals surface area (Å²) in [5, 5.41) is 5.53. The van der Waals surface area contributed by atoms with E-state index >= 15 is 0 Å². The molecule has 1 unspecified atom stereocenters. The molecule has 0 fully saturated rings. The Bertz CT molecular complexity index is 707. The molecule has 10 heteroatoms. The summed E-state index contributed by atoms with van der Waals surface area (Å²) in [5.74, 6) is -0.767. The van der Waals surface area contributed by atoms with E-state index in [1.165, 1.54) is 24.3 Å². The number of hydrogen-bond donors (Lipinski definition) is 2. The fraction of sp³-hybridized carbons (Fsp3) is 0.333. The smallest absolute Gasteiger partial charge is 0.446 e. The van der Waals surface area contributed by atoms with E-state index in [2.05, 4.69) is 10.6 Å². The zero-order valence-corrected chi connectivity index (χ0v) is 14.6. The minimum absolute atomic E-state index is 0.00979. The van der Waals surface area contributed by atoms with Crippen LogP contribution in [-0.4, -0.2) is 29.3 Å². The second kappa shape index (κ2) is 8.05. The monoisotopic (exact) mass is 394 g/mol. The lowest BCUT2D eigenvalue weighted by Crippen LogP contribution is -2.50. The van der Waals surface area contributed by atoms with Crippen LogP contribution in [0.15, 0.2) is 40.4 Å². The van der Waals surface area contributed by atoms with Crippen molar-refractivity contribution in [2.75, 3.05) is 6.67 Å². The van der Waals surface area contributed by atoms with E-state index < -0.39 is 24.2 Å². The molecule has 0 saturated carbocycles. The second-order valence-corrected chi connectivity index (χ2v) is 6.66. The first-order chi connectivity index (χ1) is 11.7. The quantitative estimate of drug-likeness (QED) is 0.345. The average Bonchev–Trinajstić information content (AvgIpc) is 2.50. The molecule has 1 aliphatic heterocycles. The summed E-state index contributed by atoms with van der Waals surface area (Å²) in [4.78, 5) is 12.2. The average molecular weight is 394 g/mol. The van der Waals surface area contributed by atoms with Crippen molar-refractivity contribution < 1.29 is 27.1 Å². The summed E-state index contributed by atoms with van der Waals surface area (Å²) < 4.78 is 55.4. The number of nitrogens with one attached hydrogen (secondary N) is 2. The lowest BCUT2D eigenvalue weighted by molar-refractivity contribution is -0.140. The van der Waals surface area contributed by atoms with E-state index in [0.29, 0.717) is 11.3 Å². The van der Waals surface area contributed by atoms with Gasteiger partial charge in [0.05, 0.1) is 11.6 Å². The first-order valence-corrected chi connectivity index (χ1v) is 8.28. The third-order valence-electron chi connectivity index (χ3n) is 3.23. The molecule has 1 aromatic carbocycles. The van der Waals surface area contributed by atoms with Crippen molar-refractivity contribution in [2.45, 2.75) is 30.0 Å². The zero-order chi connectivity index (χ0) is 18.6. The topological polar surface area (TPSA) is 50.4 Å². The maximum absolute atomic E-state index is 13.1. The van der Waals surface area contributed by atoms with Gasteiger partial charge in [-0.15, -0.1) is 0 Å². The molecule has 1 aromatic rings. The van der Waals surface area contributed by atoms with Crippen LogP contribution in [0.1, 0.15) is 12.5 Å². The number of rotatable bonds is 5. The number of carbonyl (C=O) groups is 1. The van der Waals surface area contributed by atoms with Gasteiger partial charge in [0.25, 0.3) is 0 Å². The van der Waals surface area contributed by atoms with Gasteiger partial charge in [-0.05, 0) is 48.6 Å². The number of thiocarbonyl (C=S) groups is 1. The van der Waals surface area contributed by atoms with Gasteiger partial charge in [0, 0.05) is 10.6 Å².